The van der Waals surface area contributed by atoms with E-state index in [1.807, 2.05) is 13.1 Å². The summed E-state index contributed by atoms with van der Waals surface area (Å²) in [5.74, 6) is 1.27. The summed E-state index contributed by atoms with van der Waals surface area (Å²) < 4.78 is 0. The molecule has 1 fully saturated rings. The third-order valence-electron chi connectivity index (χ3n) is 4.65. The van der Waals surface area contributed by atoms with Crippen LogP contribution in [0.3, 0.4) is 0 Å². The molecule has 1 aliphatic heterocycles. The zero-order chi connectivity index (χ0) is 15.1. The van der Waals surface area contributed by atoms with E-state index >= 15 is 0 Å². The molecule has 116 valence electrons. The molecule has 0 radical (unpaired) electrons. The van der Waals surface area contributed by atoms with Gasteiger partial charge >= 0.3 is 0 Å². The standard InChI is InChI=1S/C16H20N4O2/c1-9-17-8-11-12(18-9)3-2-4-13(11)19-16(21)15-7-14(20-22-15)10-5-6-10/h8,10,13,15H,2-7H2,1H3,(H,19,21). The molecule has 6 nitrogen and oxygen atoms in total. The lowest BCUT2D eigenvalue weighted by atomic mass is 9.92. The Morgan fingerprint density at radius 3 is 3.05 bits per heavy atom. The normalized spacial score (nSPS) is 26.9. The first-order valence-electron chi connectivity index (χ1n) is 8.06. The Labute approximate surface area is 129 Å². The number of carbonyl (C=O) groups is 1. The zero-order valence-electron chi connectivity index (χ0n) is 12.7. The first kappa shape index (κ1) is 13.7. The maximum Gasteiger partial charge on any atom is 0.264 e. The van der Waals surface area contributed by atoms with Crippen LogP contribution < -0.4 is 5.32 Å². The van der Waals surface area contributed by atoms with Crippen molar-refractivity contribution in [2.45, 2.75) is 57.6 Å². The summed E-state index contributed by atoms with van der Waals surface area (Å²) in [6, 6.07) is -0.00887. The molecule has 2 aliphatic carbocycles. The monoisotopic (exact) mass is 300 g/mol. The number of nitrogens with zero attached hydrogens (tertiary/aromatic N) is 3. The summed E-state index contributed by atoms with van der Waals surface area (Å²) in [6.45, 7) is 1.89. The summed E-state index contributed by atoms with van der Waals surface area (Å²) in [6.07, 6.45) is 7.31. The smallest absolute Gasteiger partial charge is 0.264 e. The second-order valence-electron chi connectivity index (χ2n) is 6.43. The summed E-state index contributed by atoms with van der Waals surface area (Å²) in [4.78, 5) is 26.5. The maximum atomic E-state index is 12.4. The van der Waals surface area contributed by atoms with Crippen LogP contribution in [-0.2, 0) is 16.1 Å². The van der Waals surface area contributed by atoms with Crippen LogP contribution in [0.5, 0.6) is 0 Å². The lowest BCUT2D eigenvalue weighted by Gasteiger charge is -2.26. The van der Waals surface area contributed by atoms with Crippen LogP contribution in [0, 0.1) is 12.8 Å². The fraction of sp³-hybridized carbons (Fsp3) is 0.625. The second-order valence-corrected chi connectivity index (χ2v) is 6.43. The molecular formula is C16H20N4O2. The van der Waals surface area contributed by atoms with E-state index in [1.165, 1.54) is 12.8 Å². The number of rotatable bonds is 3. The number of oxime groups is 1. The van der Waals surface area contributed by atoms with Crippen molar-refractivity contribution in [2.75, 3.05) is 0 Å². The Morgan fingerprint density at radius 1 is 1.36 bits per heavy atom. The molecule has 2 heterocycles. The van der Waals surface area contributed by atoms with E-state index < -0.39 is 6.10 Å². The van der Waals surface area contributed by atoms with Crippen molar-refractivity contribution >= 4 is 11.6 Å². The van der Waals surface area contributed by atoms with Crippen molar-refractivity contribution < 1.29 is 9.63 Å². The molecule has 1 aromatic heterocycles. The number of hydrogen-bond donors (Lipinski definition) is 1. The lowest BCUT2D eigenvalue weighted by molar-refractivity contribution is -0.132. The lowest BCUT2D eigenvalue weighted by Crippen LogP contribution is -2.38. The molecule has 2 unspecified atom stereocenters. The highest BCUT2D eigenvalue weighted by atomic mass is 16.6. The molecule has 1 saturated carbocycles. The van der Waals surface area contributed by atoms with E-state index in [-0.39, 0.29) is 11.9 Å². The summed E-state index contributed by atoms with van der Waals surface area (Å²) in [5, 5.41) is 7.18. The minimum absolute atomic E-state index is 0.00887. The molecule has 0 aromatic carbocycles. The van der Waals surface area contributed by atoms with Gasteiger partial charge in [0.15, 0.2) is 0 Å². The van der Waals surface area contributed by atoms with Crippen molar-refractivity contribution in [1.82, 2.24) is 15.3 Å². The molecule has 0 bridgehead atoms. The van der Waals surface area contributed by atoms with E-state index in [0.717, 1.165) is 42.1 Å². The Balaban J connectivity index is 1.43. The zero-order valence-corrected chi connectivity index (χ0v) is 12.7. The van der Waals surface area contributed by atoms with Gasteiger partial charge in [0.1, 0.15) is 5.82 Å². The highest BCUT2D eigenvalue weighted by Crippen LogP contribution is 2.35. The van der Waals surface area contributed by atoms with E-state index in [2.05, 4.69) is 20.4 Å². The van der Waals surface area contributed by atoms with Crippen LogP contribution in [0.1, 0.15) is 55.2 Å². The number of carbonyl (C=O) groups excluding carboxylic acids is 1. The van der Waals surface area contributed by atoms with Crippen LogP contribution in [0.2, 0.25) is 0 Å². The van der Waals surface area contributed by atoms with Crippen LogP contribution in [-0.4, -0.2) is 27.7 Å². The summed E-state index contributed by atoms with van der Waals surface area (Å²) in [7, 11) is 0. The van der Waals surface area contributed by atoms with Gasteiger partial charge in [0.25, 0.3) is 5.91 Å². The van der Waals surface area contributed by atoms with Crippen molar-refractivity contribution in [3.63, 3.8) is 0 Å². The van der Waals surface area contributed by atoms with Gasteiger partial charge in [-0.25, -0.2) is 9.97 Å². The van der Waals surface area contributed by atoms with E-state index in [0.29, 0.717) is 12.3 Å². The Morgan fingerprint density at radius 2 is 2.23 bits per heavy atom. The van der Waals surface area contributed by atoms with Crippen molar-refractivity contribution in [3.05, 3.63) is 23.3 Å². The highest BCUT2D eigenvalue weighted by Gasteiger charge is 2.37. The van der Waals surface area contributed by atoms with Gasteiger partial charge in [-0.15, -0.1) is 0 Å². The molecule has 4 rings (SSSR count). The molecular weight excluding hydrogens is 280 g/mol. The van der Waals surface area contributed by atoms with E-state index in [1.54, 1.807) is 0 Å². The molecule has 0 saturated heterocycles. The fourth-order valence-electron chi connectivity index (χ4n) is 3.26. The number of fused-ring (bicyclic) bond motifs is 1. The van der Waals surface area contributed by atoms with Gasteiger partial charge in [0.2, 0.25) is 6.10 Å². The average Bonchev–Trinajstić information content (AvgIpc) is 3.24. The first-order valence-corrected chi connectivity index (χ1v) is 8.06. The van der Waals surface area contributed by atoms with Gasteiger partial charge in [0, 0.05) is 29.8 Å². The predicted molar refractivity (Wildman–Crippen MR) is 80.2 cm³/mol. The third-order valence-corrected chi connectivity index (χ3v) is 4.65. The molecule has 1 aromatic rings. The first-order chi connectivity index (χ1) is 10.7. The van der Waals surface area contributed by atoms with Crippen LogP contribution in [0.25, 0.3) is 0 Å². The minimum atomic E-state index is -0.465. The topological polar surface area (TPSA) is 76.5 Å². The van der Waals surface area contributed by atoms with Crippen molar-refractivity contribution in [2.24, 2.45) is 11.1 Å². The SMILES string of the molecule is Cc1ncc2c(n1)CCCC2NC(=O)C1CC(C2CC2)=NO1. The minimum Gasteiger partial charge on any atom is -0.382 e. The average molecular weight is 300 g/mol. The second kappa shape index (κ2) is 5.34. The number of amides is 1. The van der Waals surface area contributed by atoms with E-state index in [9.17, 15) is 4.79 Å². The predicted octanol–water partition coefficient (Wildman–Crippen LogP) is 1.83. The number of hydrogen-bond acceptors (Lipinski definition) is 5. The number of aromatic nitrogens is 2. The van der Waals surface area contributed by atoms with Gasteiger partial charge < -0.3 is 10.2 Å². The molecule has 1 amide bonds. The Hall–Kier alpha value is -1.98. The van der Waals surface area contributed by atoms with Gasteiger partial charge in [-0.3, -0.25) is 4.79 Å². The molecule has 1 N–H and O–H groups in total. The van der Waals surface area contributed by atoms with Gasteiger partial charge in [-0.2, -0.15) is 0 Å². The largest absolute Gasteiger partial charge is 0.382 e. The number of aryl methyl sites for hydroxylation is 2. The number of nitrogens with one attached hydrogen (secondary N) is 1. The quantitative estimate of drug-likeness (QED) is 0.924. The highest BCUT2D eigenvalue weighted by molar-refractivity contribution is 5.95. The summed E-state index contributed by atoms with van der Waals surface area (Å²) >= 11 is 0. The third kappa shape index (κ3) is 2.58. The van der Waals surface area contributed by atoms with Gasteiger partial charge in [0.05, 0.1) is 11.8 Å². The van der Waals surface area contributed by atoms with Crippen LogP contribution in [0.4, 0.5) is 0 Å². The van der Waals surface area contributed by atoms with Gasteiger partial charge in [-0.05, 0) is 39.0 Å². The maximum absolute atomic E-state index is 12.4. The van der Waals surface area contributed by atoms with Crippen LogP contribution >= 0.6 is 0 Å². The van der Waals surface area contributed by atoms with Crippen molar-refractivity contribution in [3.8, 4) is 0 Å². The molecule has 6 heteroatoms. The van der Waals surface area contributed by atoms with Crippen LogP contribution in [0.15, 0.2) is 11.4 Å². The Bertz CT molecular complexity index is 639. The van der Waals surface area contributed by atoms with Gasteiger partial charge in [-0.1, -0.05) is 5.16 Å². The molecule has 0 spiro atoms. The Kier molecular flexibility index (Phi) is 3.32. The molecule has 22 heavy (non-hydrogen) atoms. The molecule has 3 aliphatic rings. The van der Waals surface area contributed by atoms with E-state index in [4.69, 9.17) is 4.84 Å². The summed E-state index contributed by atoms with van der Waals surface area (Å²) in [5.41, 5.74) is 3.17. The fourth-order valence-corrected chi connectivity index (χ4v) is 3.26. The molecule has 2 atom stereocenters. The van der Waals surface area contributed by atoms with Crippen molar-refractivity contribution in [1.29, 1.82) is 0 Å².